The van der Waals surface area contributed by atoms with Crippen LogP contribution in [0, 0.1) is 12.3 Å². The zero-order valence-corrected chi connectivity index (χ0v) is 46.6. The Hall–Kier alpha value is -6.29. The summed E-state index contributed by atoms with van der Waals surface area (Å²) in [5, 5.41) is 35.7. The Bertz CT molecular complexity index is 2870. The Labute approximate surface area is 462 Å². The Morgan fingerprint density at radius 3 is 2.26 bits per heavy atom. The molecule has 10 rings (SSSR count). The van der Waals surface area contributed by atoms with Gasteiger partial charge in [-0.05, 0) is 92.9 Å². The normalized spacial score (nSPS) is 22.1. The molecule has 6 N–H and O–H groups in total. The van der Waals surface area contributed by atoms with Crippen molar-refractivity contribution in [2.24, 2.45) is 5.41 Å². The van der Waals surface area contributed by atoms with Gasteiger partial charge in [-0.25, -0.2) is 4.98 Å². The maximum Gasteiger partial charge on any atom is 0.246 e. The molecule has 3 amide bonds. The molecular weight excluding hydrogens is 1010 g/mol. The number of aryl methyl sites for hydroxylation is 2. The van der Waals surface area contributed by atoms with E-state index < -0.39 is 29.5 Å². The van der Waals surface area contributed by atoms with E-state index in [0.29, 0.717) is 29.2 Å². The van der Waals surface area contributed by atoms with Crippen LogP contribution in [0.2, 0.25) is 0 Å². The number of carbonyl (C=O) groups is 3. The number of phenols is 1. The van der Waals surface area contributed by atoms with Gasteiger partial charge in [-0.15, -0.1) is 21.5 Å². The highest BCUT2D eigenvalue weighted by atomic mass is 32.1. The van der Waals surface area contributed by atoms with Crippen molar-refractivity contribution in [2.75, 3.05) is 101 Å². The summed E-state index contributed by atoms with van der Waals surface area (Å²) in [6.07, 6.45) is 5.37. The number of nitrogen functional groups attached to an aromatic ring is 1. The van der Waals surface area contributed by atoms with Gasteiger partial charge >= 0.3 is 0 Å². The Morgan fingerprint density at radius 2 is 1.56 bits per heavy atom. The van der Waals surface area contributed by atoms with E-state index in [-0.39, 0.29) is 49.3 Å². The zero-order chi connectivity index (χ0) is 54.7. The average molecular weight is 1080 g/mol. The number of aromatic hydroxyl groups is 1. The number of benzene rings is 2. The molecule has 78 heavy (non-hydrogen) atoms. The molecule has 3 aromatic heterocycles. The summed E-state index contributed by atoms with van der Waals surface area (Å²) < 4.78 is 6.02. The molecule has 6 atom stereocenters. The standard InChI is InChI=1S/C58H77N13O6S/c1-37(39-12-14-40(15-13-39)53-38(2)61-36-78-53)62-56(75)50-28-45(72)32-70(50)57(76)54(58(3,4)5)63-52(74)35-77-46-33-68(34-46)26-25-67-23-21-66(22-24-67)20-8-9-41-27-42(18-19-60-41)71-43-16-17-44(71)31-69(30-43)49-29-48(64-65-55(49)59)47-10-6-7-11-51(47)73/h6-7,10-15,18-19,27,29,36-37,43-46,50,54,72-73H,8-9,16-17,20-26,28,30-35H2,1-5H3,(H2,59,65)(H,62,75)(H,63,74)/t37-,43?,44?,45+,50-,54+/m0/s1. The van der Waals surface area contributed by atoms with Crippen LogP contribution in [0.25, 0.3) is 21.7 Å². The van der Waals surface area contributed by atoms with Crippen LogP contribution >= 0.6 is 11.3 Å². The van der Waals surface area contributed by atoms with E-state index in [1.165, 1.54) is 10.6 Å². The van der Waals surface area contributed by atoms with Crippen LogP contribution in [-0.2, 0) is 25.5 Å². The lowest BCUT2D eigenvalue weighted by Gasteiger charge is -2.43. The zero-order valence-electron chi connectivity index (χ0n) is 45.8. The lowest BCUT2D eigenvalue weighted by molar-refractivity contribution is -0.146. The topological polar surface area (TPSA) is 222 Å². The fourth-order valence-corrected chi connectivity index (χ4v) is 12.8. The maximum absolute atomic E-state index is 14.2. The molecule has 0 saturated carbocycles. The molecule has 0 spiro atoms. The highest BCUT2D eigenvalue weighted by Gasteiger charge is 2.45. The summed E-state index contributed by atoms with van der Waals surface area (Å²) >= 11 is 1.59. The minimum absolute atomic E-state index is 0.00735. The van der Waals surface area contributed by atoms with Crippen LogP contribution in [0.5, 0.6) is 5.75 Å². The summed E-state index contributed by atoms with van der Waals surface area (Å²) in [5.74, 6) is -0.560. The lowest BCUT2D eigenvalue weighted by Crippen LogP contribution is -2.59. The predicted molar refractivity (Wildman–Crippen MR) is 303 cm³/mol. The molecular formula is C58H77N13O6S. The van der Waals surface area contributed by atoms with Crippen molar-refractivity contribution in [3.8, 4) is 27.4 Å². The van der Waals surface area contributed by atoms with Gasteiger partial charge in [-0.2, -0.15) is 0 Å². The van der Waals surface area contributed by atoms with Gasteiger partial charge in [0.15, 0.2) is 5.82 Å². The van der Waals surface area contributed by atoms with Gasteiger partial charge in [0.05, 0.1) is 45.7 Å². The van der Waals surface area contributed by atoms with Gasteiger partial charge in [0, 0.05) is 114 Å². The first kappa shape index (κ1) is 55.0. The second-order valence-corrected chi connectivity index (χ2v) is 23.9. The molecule has 19 nitrogen and oxygen atoms in total. The van der Waals surface area contributed by atoms with Gasteiger partial charge in [0.2, 0.25) is 17.7 Å². The van der Waals surface area contributed by atoms with Gasteiger partial charge in [0.25, 0.3) is 0 Å². The summed E-state index contributed by atoms with van der Waals surface area (Å²) in [5.41, 5.74) is 15.0. The molecule has 2 aromatic carbocycles. The number of piperazine rings is 2. The number of β-amino-alcohol motifs (C(OH)–C–C–N with tert-alkyl or cyclic N) is 1. The molecule has 2 bridgehead atoms. The van der Waals surface area contributed by atoms with Gasteiger partial charge in [-0.3, -0.25) is 29.2 Å². The Kier molecular flexibility index (Phi) is 16.9. The first-order valence-corrected chi connectivity index (χ1v) is 28.7. The summed E-state index contributed by atoms with van der Waals surface area (Å²) in [6.45, 7) is 19.6. The van der Waals surface area contributed by atoms with Gasteiger partial charge in [0.1, 0.15) is 24.4 Å². The molecule has 5 saturated heterocycles. The van der Waals surface area contributed by atoms with Crippen LogP contribution in [0.1, 0.15) is 76.4 Å². The molecule has 2 unspecified atom stereocenters. The summed E-state index contributed by atoms with van der Waals surface area (Å²) in [4.78, 5) is 65.3. The van der Waals surface area contributed by atoms with Crippen molar-refractivity contribution < 1.29 is 29.3 Å². The van der Waals surface area contributed by atoms with Crippen molar-refractivity contribution in [1.29, 1.82) is 0 Å². The van der Waals surface area contributed by atoms with E-state index in [9.17, 15) is 24.6 Å². The van der Waals surface area contributed by atoms with Crippen molar-refractivity contribution in [3.63, 3.8) is 0 Å². The molecule has 416 valence electrons. The fourth-order valence-electron chi connectivity index (χ4n) is 12.0. The minimum atomic E-state index is -0.927. The van der Waals surface area contributed by atoms with Crippen LogP contribution in [0.4, 0.5) is 17.2 Å². The van der Waals surface area contributed by atoms with E-state index in [1.807, 2.05) is 88.8 Å². The molecule has 8 heterocycles. The average Bonchev–Trinajstić information content (AvgIpc) is 4.18. The van der Waals surface area contributed by atoms with E-state index in [0.717, 1.165) is 131 Å². The highest BCUT2D eigenvalue weighted by Crippen LogP contribution is 2.39. The smallest absolute Gasteiger partial charge is 0.246 e. The van der Waals surface area contributed by atoms with Gasteiger partial charge < -0.3 is 50.9 Å². The number of amides is 3. The van der Waals surface area contributed by atoms with Crippen molar-refractivity contribution >= 4 is 46.3 Å². The maximum atomic E-state index is 14.2. The fraction of sp³-hybridized carbons (Fsp3) is 0.534. The molecule has 5 fully saturated rings. The molecule has 5 aromatic rings. The third kappa shape index (κ3) is 12.7. The number of carbonyl (C=O) groups excluding carboxylic acids is 3. The number of hydrogen-bond acceptors (Lipinski definition) is 17. The third-order valence-corrected chi connectivity index (χ3v) is 17.4. The molecule has 0 radical (unpaired) electrons. The summed E-state index contributed by atoms with van der Waals surface area (Å²) in [6, 6.07) is 20.1. The van der Waals surface area contributed by atoms with E-state index in [4.69, 9.17) is 15.5 Å². The number of thiazole rings is 1. The number of ether oxygens (including phenoxy) is 1. The Morgan fingerprint density at radius 1 is 0.859 bits per heavy atom. The summed E-state index contributed by atoms with van der Waals surface area (Å²) in [7, 11) is 0. The van der Waals surface area contributed by atoms with Crippen molar-refractivity contribution in [2.45, 2.75) is 109 Å². The van der Waals surface area contributed by atoms with Crippen molar-refractivity contribution in [3.05, 3.63) is 95.4 Å². The lowest BCUT2D eigenvalue weighted by atomic mass is 9.85. The molecule has 5 aliphatic rings. The first-order valence-electron chi connectivity index (χ1n) is 27.8. The quantitative estimate of drug-likeness (QED) is 0.0754. The molecule has 5 aliphatic heterocycles. The van der Waals surface area contributed by atoms with E-state index >= 15 is 0 Å². The molecule has 20 heteroatoms. The molecule has 0 aliphatic carbocycles. The SMILES string of the molecule is Cc1ncsc1-c1ccc([C@H](C)NC(=O)[C@@H]2C[C@@H](O)CN2C(=O)[C@@H](NC(=O)COC2CN(CCN3CCN(CCCc4cc(N5C6CCC5CN(c5cc(-c7ccccc7O)nnc5N)C6)ccn4)CC3)C2)C(C)(C)C)cc1. The number of likely N-dealkylation sites (tertiary alicyclic amines) is 2. The first-order chi connectivity index (χ1) is 37.5. The second-order valence-electron chi connectivity index (χ2n) is 23.1. The van der Waals surface area contributed by atoms with Crippen LogP contribution in [0.15, 0.2) is 78.4 Å². The van der Waals surface area contributed by atoms with Crippen LogP contribution in [0.3, 0.4) is 0 Å². The largest absolute Gasteiger partial charge is 0.507 e. The third-order valence-electron chi connectivity index (χ3n) is 16.4. The number of rotatable bonds is 19. The number of pyridine rings is 1. The second kappa shape index (κ2) is 24.0. The number of hydrogen-bond donors (Lipinski definition) is 5. The Balaban J connectivity index is 0.611. The van der Waals surface area contributed by atoms with E-state index in [2.05, 4.69) is 62.4 Å². The number of aromatic nitrogens is 4. The van der Waals surface area contributed by atoms with Crippen LogP contribution in [-0.4, -0.2) is 189 Å². The highest BCUT2D eigenvalue weighted by molar-refractivity contribution is 7.13. The number of nitrogens with zero attached hydrogens (tertiary/aromatic N) is 10. The van der Waals surface area contributed by atoms with Crippen LogP contribution < -0.4 is 26.2 Å². The number of aliphatic hydroxyl groups is 1. The monoisotopic (exact) mass is 1080 g/mol. The number of aliphatic hydroxyl groups excluding tert-OH is 1. The number of para-hydroxylation sites is 1. The van der Waals surface area contributed by atoms with Gasteiger partial charge in [-0.1, -0.05) is 57.2 Å². The van der Waals surface area contributed by atoms with Crippen molar-refractivity contribution in [1.82, 2.24) is 50.4 Å². The predicted octanol–water partition coefficient (Wildman–Crippen LogP) is 4.74. The number of anilines is 3. The number of nitrogens with one attached hydrogen (secondary N) is 2. The number of phenolic OH excluding ortho intramolecular Hbond substituents is 1. The minimum Gasteiger partial charge on any atom is -0.507 e. The number of fused-ring (bicyclic) bond motifs is 2. The number of nitrogens with two attached hydrogens (primary N) is 1. The van der Waals surface area contributed by atoms with E-state index in [1.54, 1.807) is 23.5 Å².